The number of carbonyl (C=O) groups is 3. The summed E-state index contributed by atoms with van der Waals surface area (Å²) in [5.41, 5.74) is 1.83. The van der Waals surface area contributed by atoms with E-state index in [9.17, 15) is 14.4 Å². The molecule has 33 heavy (non-hydrogen) atoms. The number of tetrazole rings is 1. The summed E-state index contributed by atoms with van der Waals surface area (Å²) in [6, 6.07) is 14.2. The summed E-state index contributed by atoms with van der Waals surface area (Å²) in [6.07, 6.45) is 3.16. The van der Waals surface area contributed by atoms with Crippen molar-refractivity contribution in [2.75, 3.05) is 11.4 Å². The Balaban J connectivity index is 1.40. The molecule has 0 bridgehead atoms. The summed E-state index contributed by atoms with van der Waals surface area (Å²) < 4.78 is 1.46. The molecule has 2 aliphatic rings. The number of aryl methyl sites for hydroxylation is 1. The zero-order chi connectivity index (χ0) is 23.2. The van der Waals surface area contributed by atoms with Crippen molar-refractivity contribution in [2.45, 2.75) is 38.3 Å². The van der Waals surface area contributed by atoms with Crippen LogP contribution in [0.25, 0.3) is 5.69 Å². The van der Waals surface area contributed by atoms with Crippen molar-refractivity contribution >= 4 is 23.5 Å². The Labute approximate surface area is 190 Å². The molecule has 0 saturated carbocycles. The topological polar surface area (TPSA) is 113 Å². The second-order valence-corrected chi connectivity index (χ2v) is 8.53. The highest BCUT2D eigenvalue weighted by Crippen LogP contribution is 2.33. The van der Waals surface area contributed by atoms with Gasteiger partial charge < -0.3 is 10.2 Å². The predicted molar refractivity (Wildman–Crippen MR) is 118 cm³/mol. The van der Waals surface area contributed by atoms with Crippen LogP contribution in [0.4, 0.5) is 10.5 Å². The number of hydrogen-bond acceptors (Lipinski definition) is 6. The molecule has 2 aromatic carbocycles. The Morgan fingerprint density at radius 1 is 1.18 bits per heavy atom. The van der Waals surface area contributed by atoms with Gasteiger partial charge in [-0.3, -0.25) is 14.5 Å². The van der Waals surface area contributed by atoms with Gasteiger partial charge in [-0.05, 0) is 66.4 Å². The largest absolute Gasteiger partial charge is 0.325 e. The van der Waals surface area contributed by atoms with Gasteiger partial charge in [0, 0.05) is 11.7 Å². The first kappa shape index (κ1) is 20.8. The number of imide groups is 1. The Bertz CT molecular complexity index is 1240. The number of aromatic nitrogens is 4. The summed E-state index contributed by atoms with van der Waals surface area (Å²) in [4.78, 5) is 42.2. The lowest BCUT2D eigenvalue weighted by Gasteiger charge is -2.36. The summed E-state index contributed by atoms with van der Waals surface area (Å²) in [7, 11) is 0. The molecule has 2 aliphatic heterocycles. The molecule has 2 atom stereocenters. The maximum Gasteiger partial charge on any atom is 0.325 e. The number of nitrogens with zero attached hydrogens (tertiary/aromatic N) is 6. The molecule has 0 radical (unpaired) electrons. The molecule has 1 saturated heterocycles. The van der Waals surface area contributed by atoms with Gasteiger partial charge in [0.25, 0.3) is 5.91 Å². The number of urea groups is 1. The first-order valence-corrected chi connectivity index (χ1v) is 10.8. The van der Waals surface area contributed by atoms with E-state index in [1.807, 2.05) is 31.2 Å². The first-order chi connectivity index (χ1) is 15.9. The van der Waals surface area contributed by atoms with E-state index < -0.39 is 17.5 Å². The number of amides is 4. The molecule has 1 aromatic heterocycles. The monoisotopic (exact) mass is 445 g/mol. The Morgan fingerprint density at radius 2 is 2.00 bits per heavy atom. The normalized spacial score (nSPS) is 22.3. The number of fused-ring (bicyclic) bond motifs is 1. The van der Waals surface area contributed by atoms with E-state index in [0.717, 1.165) is 29.0 Å². The van der Waals surface area contributed by atoms with Gasteiger partial charge in [-0.15, -0.1) is 5.10 Å². The predicted octanol–water partition coefficient (Wildman–Crippen LogP) is 1.80. The van der Waals surface area contributed by atoms with Crippen LogP contribution in [0.2, 0.25) is 0 Å². The van der Waals surface area contributed by atoms with Gasteiger partial charge >= 0.3 is 6.03 Å². The van der Waals surface area contributed by atoms with Crippen molar-refractivity contribution in [2.24, 2.45) is 0 Å². The van der Waals surface area contributed by atoms with Crippen LogP contribution in [0.3, 0.4) is 0 Å². The molecule has 5 rings (SSSR count). The average molecular weight is 445 g/mol. The molecular weight excluding hydrogens is 422 g/mol. The SMILES string of the molecule is CC1CCc2ccccc2N1C(=O)CN1C(=O)NC(C)(c2cccc(-n3cnnn3)c2)C1=O. The van der Waals surface area contributed by atoms with Crippen molar-refractivity contribution in [3.63, 3.8) is 0 Å². The maximum atomic E-state index is 13.4. The molecule has 10 heteroatoms. The number of benzene rings is 2. The van der Waals surface area contributed by atoms with Crippen LogP contribution in [-0.4, -0.2) is 55.5 Å². The number of hydrogen-bond donors (Lipinski definition) is 1. The zero-order valence-corrected chi connectivity index (χ0v) is 18.3. The second-order valence-electron chi connectivity index (χ2n) is 8.53. The average Bonchev–Trinajstić information content (AvgIpc) is 3.43. The Morgan fingerprint density at radius 3 is 2.79 bits per heavy atom. The molecule has 168 valence electrons. The van der Waals surface area contributed by atoms with Gasteiger partial charge in [0.05, 0.1) is 5.69 Å². The number of nitrogens with one attached hydrogen (secondary N) is 1. The summed E-state index contributed by atoms with van der Waals surface area (Å²) >= 11 is 0. The zero-order valence-electron chi connectivity index (χ0n) is 18.3. The van der Waals surface area contributed by atoms with E-state index in [1.165, 1.54) is 11.0 Å². The summed E-state index contributed by atoms with van der Waals surface area (Å²) in [5, 5.41) is 13.9. The molecule has 3 aromatic rings. The van der Waals surface area contributed by atoms with Crippen LogP contribution in [0.1, 0.15) is 31.4 Å². The van der Waals surface area contributed by atoms with Crippen LogP contribution in [0.15, 0.2) is 54.9 Å². The lowest BCUT2D eigenvalue weighted by Crippen LogP contribution is -2.49. The summed E-state index contributed by atoms with van der Waals surface area (Å²) in [6.45, 7) is 3.29. The highest BCUT2D eigenvalue weighted by Gasteiger charge is 2.50. The Hall–Kier alpha value is -4.08. The van der Waals surface area contributed by atoms with E-state index >= 15 is 0 Å². The third kappa shape index (κ3) is 3.43. The highest BCUT2D eigenvalue weighted by atomic mass is 16.2. The van der Waals surface area contributed by atoms with Crippen LogP contribution in [0.5, 0.6) is 0 Å². The minimum Gasteiger partial charge on any atom is -0.319 e. The molecular formula is C23H23N7O3. The van der Waals surface area contributed by atoms with E-state index in [-0.39, 0.29) is 18.5 Å². The minimum atomic E-state index is -1.31. The van der Waals surface area contributed by atoms with Gasteiger partial charge in [-0.1, -0.05) is 30.3 Å². The fourth-order valence-corrected chi connectivity index (χ4v) is 4.55. The van der Waals surface area contributed by atoms with E-state index in [4.69, 9.17) is 0 Å². The number of para-hydroxylation sites is 1. The number of carbonyl (C=O) groups excluding carboxylic acids is 3. The van der Waals surface area contributed by atoms with Crippen molar-refractivity contribution in [1.82, 2.24) is 30.4 Å². The van der Waals surface area contributed by atoms with Crippen molar-refractivity contribution in [3.05, 3.63) is 66.0 Å². The highest BCUT2D eigenvalue weighted by molar-refractivity contribution is 6.10. The van der Waals surface area contributed by atoms with Crippen molar-refractivity contribution < 1.29 is 14.4 Å². The van der Waals surface area contributed by atoms with Gasteiger partial charge in [-0.2, -0.15) is 0 Å². The number of rotatable bonds is 4. The quantitative estimate of drug-likeness (QED) is 0.613. The van der Waals surface area contributed by atoms with E-state index in [0.29, 0.717) is 11.3 Å². The fraction of sp³-hybridized carbons (Fsp3) is 0.304. The van der Waals surface area contributed by atoms with Gasteiger partial charge in [0.15, 0.2) is 0 Å². The molecule has 1 N–H and O–H groups in total. The number of anilines is 1. The maximum absolute atomic E-state index is 13.4. The molecule has 4 amide bonds. The van der Waals surface area contributed by atoms with Crippen molar-refractivity contribution in [3.8, 4) is 5.69 Å². The van der Waals surface area contributed by atoms with Crippen LogP contribution in [0, 0.1) is 0 Å². The smallest absolute Gasteiger partial charge is 0.319 e. The van der Waals surface area contributed by atoms with Crippen LogP contribution in [-0.2, 0) is 21.5 Å². The first-order valence-electron chi connectivity index (χ1n) is 10.8. The third-order valence-electron chi connectivity index (χ3n) is 6.40. The lowest BCUT2D eigenvalue weighted by atomic mass is 9.91. The van der Waals surface area contributed by atoms with E-state index in [1.54, 1.807) is 36.1 Å². The van der Waals surface area contributed by atoms with E-state index in [2.05, 4.69) is 20.8 Å². The van der Waals surface area contributed by atoms with Gasteiger partial charge in [0.1, 0.15) is 18.4 Å². The minimum absolute atomic E-state index is 0.0208. The second kappa shape index (κ2) is 7.80. The van der Waals surface area contributed by atoms with Gasteiger partial charge in [-0.25, -0.2) is 9.48 Å². The molecule has 0 aliphatic carbocycles. The Kier molecular flexibility index (Phi) is 4.92. The van der Waals surface area contributed by atoms with Crippen molar-refractivity contribution in [1.29, 1.82) is 0 Å². The van der Waals surface area contributed by atoms with Gasteiger partial charge in [0.2, 0.25) is 5.91 Å². The van der Waals surface area contributed by atoms with Crippen LogP contribution >= 0.6 is 0 Å². The van der Waals surface area contributed by atoms with Crippen LogP contribution < -0.4 is 10.2 Å². The molecule has 0 spiro atoms. The summed E-state index contributed by atoms with van der Waals surface area (Å²) in [5.74, 6) is -0.766. The third-order valence-corrected chi connectivity index (χ3v) is 6.40. The molecule has 3 heterocycles. The standard InChI is InChI=1S/C23H23N7O3/c1-15-10-11-16-6-3-4-9-19(16)30(15)20(31)13-28-21(32)23(2,25-22(28)33)17-7-5-8-18(12-17)29-14-24-26-27-29/h3-9,12,14-15H,10-11,13H2,1-2H3,(H,25,33). The fourth-order valence-electron chi connectivity index (χ4n) is 4.55. The molecule has 1 fully saturated rings. The molecule has 2 unspecified atom stereocenters. The lowest BCUT2D eigenvalue weighted by molar-refractivity contribution is -0.134. The molecule has 10 nitrogen and oxygen atoms in total.